The molecule has 12 nitrogen and oxygen atoms in total. The van der Waals surface area contributed by atoms with E-state index in [9.17, 15) is 19.2 Å². The van der Waals surface area contributed by atoms with Crippen molar-refractivity contribution in [2.24, 2.45) is 24.8 Å². The Morgan fingerprint density at radius 2 is 1.50 bits per heavy atom. The second-order valence-electron chi connectivity index (χ2n) is 17.2. The first-order chi connectivity index (χ1) is 28.3. The van der Waals surface area contributed by atoms with Crippen molar-refractivity contribution < 1.29 is 23.9 Å². The normalized spacial score (nSPS) is 23.4. The molecule has 5 aliphatic rings. The molecule has 0 radical (unpaired) electrons. The molecule has 298 valence electrons. The minimum atomic E-state index is -0.946. The molecule has 4 fully saturated rings. The molecule has 1 atom stereocenters. The summed E-state index contributed by atoms with van der Waals surface area (Å²) in [7, 11) is 2.10. The third-order valence-electron chi connectivity index (χ3n) is 13.7. The summed E-state index contributed by atoms with van der Waals surface area (Å²) in [5.74, 6) is 0.984. The van der Waals surface area contributed by atoms with Gasteiger partial charge < -0.3 is 19.1 Å². The number of ether oxygens (including phenoxy) is 1. The number of nitrogens with zero attached hydrogens (tertiary/aromatic N) is 6. The first kappa shape index (κ1) is 36.7. The molecule has 4 amide bonds. The van der Waals surface area contributed by atoms with Crippen molar-refractivity contribution in [2.45, 2.75) is 69.9 Å². The fraction of sp³-hybridized carbons (Fsp3) is 0.435. The second-order valence-corrected chi connectivity index (χ2v) is 17.2. The Kier molecular flexibility index (Phi) is 9.46. The van der Waals surface area contributed by atoms with Gasteiger partial charge in [-0.2, -0.15) is 0 Å². The summed E-state index contributed by atoms with van der Waals surface area (Å²) < 4.78 is 8.52. The number of aromatic nitrogens is 3. The zero-order valence-corrected chi connectivity index (χ0v) is 32.9. The number of likely N-dealkylation sites (tertiary alicyclic amines) is 1. The maximum Gasteiger partial charge on any atom is 0.262 e. The number of benzene rings is 2. The Hall–Kier alpha value is -5.62. The van der Waals surface area contributed by atoms with Crippen LogP contribution in [0.1, 0.15) is 78.5 Å². The molecule has 3 saturated heterocycles. The molecule has 58 heavy (non-hydrogen) atoms. The number of nitrogens with one attached hydrogen (secondary N) is 1. The fourth-order valence-electron chi connectivity index (χ4n) is 10.3. The summed E-state index contributed by atoms with van der Waals surface area (Å²) in [4.78, 5) is 65.5. The smallest absolute Gasteiger partial charge is 0.262 e. The minimum Gasteiger partial charge on any atom is -0.474 e. The highest BCUT2D eigenvalue weighted by Gasteiger charge is 2.45. The van der Waals surface area contributed by atoms with Gasteiger partial charge in [-0.15, -0.1) is 0 Å². The topological polar surface area (TPSA) is 130 Å². The van der Waals surface area contributed by atoms with Crippen LogP contribution in [0.15, 0.2) is 73.2 Å². The number of amides is 4. The van der Waals surface area contributed by atoms with Gasteiger partial charge in [0.2, 0.25) is 17.7 Å². The van der Waals surface area contributed by atoms with E-state index in [1.165, 1.54) is 54.2 Å². The van der Waals surface area contributed by atoms with Crippen molar-refractivity contribution in [3.63, 3.8) is 0 Å². The number of pyridine rings is 2. The zero-order valence-electron chi connectivity index (χ0n) is 32.9. The lowest BCUT2D eigenvalue weighted by molar-refractivity contribution is -0.136. The number of imide groups is 2. The van der Waals surface area contributed by atoms with Crippen molar-refractivity contribution in [1.29, 1.82) is 0 Å². The van der Waals surface area contributed by atoms with Crippen LogP contribution in [-0.4, -0.2) is 92.8 Å². The van der Waals surface area contributed by atoms with Gasteiger partial charge in [0.1, 0.15) is 12.1 Å². The molecule has 5 aromatic rings. The van der Waals surface area contributed by atoms with E-state index in [4.69, 9.17) is 4.74 Å². The maximum atomic E-state index is 13.3. The number of anilines is 1. The number of piperidine rings is 3. The van der Waals surface area contributed by atoms with Gasteiger partial charge in [0, 0.05) is 85.3 Å². The zero-order chi connectivity index (χ0) is 39.5. The van der Waals surface area contributed by atoms with E-state index in [0.29, 0.717) is 28.8 Å². The van der Waals surface area contributed by atoms with E-state index in [1.54, 1.807) is 6.07 Å². The Labute approximate surface area is 337 Å². The standard InChI is InChI=1S/C46H49N7O5/c1-50-39-10-15-47-26-38(39)35-5-2-31(23-41(35)50)32-3-9-43(48-25-32)58-34-21-30(22-34)27-51-16-11-28(12-17-51)20-29-13-18-52(19-14-29)33-4-6-36-37(24-33)46(57)53(45(36)56)40-7-8-42(54)49-44(40)55/h2-6,9-10,15,23-26,28-30,34,40H,7-8,11-14,16-22,27H2,1H3,(H,49,54,55)/t30-,34-,40?. The molecule has 3 aromatic heterocycles. The molecule has 10 rings (SSSR count). The highest BCUT2D eigenvalue weighted by molar-refractivity contribution is 6.23. The molecular formula is C46H49N7O5. The van der Waals surface area contributed by atoms with Crippen LogP contribution >= 0.6 is 0 Å². The van der Waals surface area contributed by atoms with E-state index in [2.05, 4.69) is 67.0 Å². The van der Waals surface area contributed by atoms with Crippen LogP contribution in [0.4, 0.5) is 5.69 Å². The van der Waals surface area contributed by atoms with Gasteiger partial charge in [-0.05, 0) is 124 Å². The average Bonchev–Trinajstić information content (AvgIpc) is 3.66. The van der Waals surface area contributed by atoms with Gasteiger partial charge in [-0.1, -0.05) is 12.1 Å². The van der Waals surface area contributed by atoms with Gasteiger partial charge in [0.15, 0.2) is 0 Å². The van der Waals surface area contributed by atoms with E-state index < -0.39 is 23.8 Å². The van der Waals surface area contributed by atoms with Crippen molar-refractivity contribution in [1.82, 2.24) is 29.7 Å². The molecule has 7 heterocycles. The van der Waals surface area contributed by atoms with Crippen LogP contribution < -0.4 is 15.0 Å². The number of hydrogen-bond donors (Lipinski definition) is 1. The van der Waals surface area contributed by atoms with Crippen LogP contribution in [0.25, 0.3) is 32.9 Å². The van der Waals surface area contributed by atoms with Crippen LogP contribution in [0.5, 0.6) is 5.88 Å². The predicted octanol–water partition coefficient (Wildman–Crippen LogP) is 6.37. The summed E-state index contributed by atoms with van der Waals surface area (Å²) in [5.41, 5.74) is 6.19. The summed E-state index contributed by atoms with van der Waals surface area (Å²) in [6.45, 7) is 5.35. The minimum absolute atomic E-state index is 0.112. The largest absolute Gasteiger partial charge is 0.474 e. The summed E-state index contributed by atoms with van der Waals surface area (Å²) in [6.07, 6.45) is 14.4. The average molecular weight is 780 g/mol. The monoisotopic (exact) mass is 779 g/mol. The molecule has 2 aromatic carbocycles. The number of carbonyl (C=O) groups excluding carboxylic acids is 4. The molecule has 0 bridgehead atoms. The number of aryl methyl sites for hydroxylation is 1. The quantitative estimate of drug-likeness (QED) is 0.170. The Balaban J connectivity index is 0.647. The number of hydrogen-bond acceptors (Lipinski definition) is 9. The molecule has 1 aliphatic carbocycles. The van der Waals surface area contributed by atoms with Crippen LogP contribution in [0, 0.1) is 17.8 Å². The van der Waals surface area contributed by atoms with E-state index in [1.807, 2.05) is 36.8 Å². The van der Waals surface area contributed by atoms with Gasteiger partial charge >= 0.3 is 0 Å². The summed E-state index contributed by atoms with van der Waals surface area (Å²) in [5, 5.41) is 4.64. The molecule has 4 aliphatic heterocycles. The summed E-state index contributed by atoms with van der Waals surface area (Å²) >= 11 is 0. The first-order valence-corrected chi connectivity index (χ1v) is 21.0. The fourth-order valence-corrected chi connectivity index (χ4v) is 10.3. The Morgan fingerprint density at radius 1 is 0.741 bits per heavy atom. The molecule has 0 spiro atoms. The van der Waals surface area contributed by atoms with Crippen LogP contribution in [0.2, 0.25) is 0 Å². The highest BCUT2D eigenvalue weighted by Crippen LogP contribution is 2.37. The SMILES string of the molecule is Cn1c2ccncc2c2ccc(-c3ccc(O[C@H]4C[C@H](CN5CCC(CC6CCN(c7ccc8c(c7)C(=O)N(C7CCC(=O)NC7=O)C8=O)CC6)CC5)C4)nc3)cc21. The van der Waals surface area contributed by atoms with Crippen LogP contribution in [0.3, 0.4) is 0 Å². The van der Waals surface area contributed by atoms with Crippen molar-refractivity contribution >= 4 is 51.1 Å². The van der Waals surface area contributed by atoms with Crippen LogP contribution in [-0.2, 0) is 16.6 Å². The van der Waals surface area contributed by atoms with E-state index in [-0.39, 0.29) is 24.9 Å². The summed E-state index contributed by atoms with van der Waals surface area (Å²) in [6, 6.07) is 17.3. The molecule has 12 heteroatoms. The number of rotatable bonds is 9. The van der Waals surface area contributed by atoms with Gasteiger partial charge in [0.25, 0.3) is 11.8 Å². The maximum absolute atomic E-state index is 13.3. The van der Waals surface area contributed by atoms with Crippen molar-refractivity contribution in [2.75, 3.05) is 37.6 Å². The molecule has 1 unspecified atom stereocenters. The van der Waals surface area contributed by atoms with Crippen molar-refractivity contribution in [3.05, 3.63) is 84.3 Å². The van der Waals surface area contributed by atoms with Gasteiger partial charge in [-0.3, -0.25) is 34.4 Å². The van der Waals surface area contributed by atoms with Gasteiger partial charge in [-0.25, -0.2) is 4.98 Å². The van der Waals surface area contributed by atoms with E-state index in [0.717, 1.165) is 72.9 Å². The van der Waals surface area contributed by atoms with Gasteiger partial charge in [0.05, 0.1) is 16.6 Å². The van der Waals surface area contributed by atoms with Crippen molar-refractivity contribution in [3.8, 4) is 17.0 Å². The molecule has 1 saturated carbocycles. The lowest BCUT2D eigenvalue weighted by Crippen LogP contribution is -2.54. The molecule has 1 N–H and O–H groups in total. The molecular weight excluding hydrogens is 731 g/mol. The third kappa shape index (κ3) is 6.80. The van der Waals surface area contributed by atoms with E-state index >= 15 is 0 Å². The number of fused-ring (bicyclic) bond motifs is 4. The number of carbonyl (C=O) groups is 4. The first-order valence-electron chi connectivity index (χ1n) is 21.0. The lowest BCUT2D eigenvalue weighted by atomic mass is 9.80. The Morgan fingerprint density at radius 3 is 2.26 bits per heavy atom. The highest BCUT2D eigenvalue weighted by atomic mass is 16.5. The Bertz CT molecular complexity index is 2420. The predicted molar refractivity (Wildman–Crippen MR) is 220 cm³/mol. The third-order valence-corrected chi connectivity index (χ3v) is 13.7. The second kappa shape index (κ2) is 15.0. The lowest BCUT2D eigenvalue weighted by Gasteiger charge is -2.41.